The molecular formula is C11H13N5O2. The van der Waals surface area contributed by atoms with Gasteiger partial charge in [0.2, 0.25) is 0 Å². The number of hydrogen-bond acceptors (Lipinski definition) is 5. The summed E-state index contributed by atoms with van der Waals surface area (Å²) in [4.78, 5) is 15.0. The number of pyridine rings is 1. The van der Waals surface area contributed by atoms with Gasteiger partial charge in [0.05, 0.1) is 12.0 Å². The molecule has 18 heavy (non-hydrogen) atoms. The van der Waals surface area contributed by atoms with Crippen LogP contribution in [0.5, 0.6) is 0 Å². The predicted octanol–water partition coefficient (Wildman–Crippen LogP) is 0.846. The molecule has 0 aliphatic heterocycles. The van der Waals surface area contributed by atoms with Crippen LogP contribution >= 0.6 is 0 Å². The average Bonchev–Trinajstić information content (AvgIpc) is 2.77. The topological polar surface area (TPSA) is 93.8 Å². The number of nitrogens with zero attached hydrogens (tertiary/aromatic N) is 5. The summed E-state index contributed by atoms with van der Waals surface area (Å²) in [5.74, 6) is -0.356. The largest absolute Gasteiger partial charge is 0.481 e. The molecule has 2 aromatic heterocycles. The molecule has 0 fully saturated rings. The van der Waals surface area contributed by atoms with Crippen LogP contribution in [-0.4, -0.2) is 36.3 Å². The number of rotatable bonds is 4. The molecule has 0 atom stereocenters. The smallest absolute Gasteiger partial charge is 0.310 e. The third kappa shape index (κ3) is 2.34. The molecule has 0 spiro atoms. The number of aromatic nitrogens is 5. The molecule has 0 bridgehead atoms. The van der Waals surface area contributed by atoms with Crippen LogP contribution in [0.2, 0.25) is 0 Å². The van der Waals surface area contributed by atoms with Crippen LogP contribution in [0.4, 0.5) is 0 Å². The van der Waals surface area contributed by atoms with E-state index in [-0.39, 0.29) is 6.54 Å². The van der Waals surface area contributed by atoms with Crippen molar-refractivity contribution in [3.8, 4) is 11.4 Å². The van der Waals surface area contributed by atoms with Gasteiger partial charge in [0, 0.05) is 18.0 Å². The van der Waals surface area contributed by atoms with Crippen LogP contribution in [0, 0.1) is 5.41 Å². The van der Waals surface area contributed by atoms with Crippen molar-refractivity contribution in [2.75, 3.05) is 0 Å². The van der Waals surface area contributed by atoms with E-state index >= 15 is 0 Å². The number of aliphatic carboxylic acids is 1. The van der Waals surface area contributed by atoms with Crippen LogP contribution in [0.25, 0.3) is 11.4 Å². The van der Waals surface area contributed by atoms with Crippen molar-refractivity contribution in [2.45, 2.75) is 20.4 Å². The summed E-state index contributed by atoms with van der Waals surface area (Å²) in [5.41, 5.74) is -0.131. The highest BCUT2D eigenvalue weighted by atomic mass is 16.4. The van der Waals surface area contributed by atoms with Gasteiger partial charge >= 0.3 is 5.97 Å². The van der Waals surface area contributed by atoms with Crippen molar-refractivity contribution in [2.24, 2.45) is 5.41 Å². The Kier molecular flexibility index (Phi) is 3.05. The minimum absolute atomic E-state index is 0.201. The summed E-state index contributed by atoms with van der Waals surface area (Å²) in [5, 5.41) is 20.4. The van der Waals surface area contributed by atoms with Crippen molar-refractivity contribution in [3.63, 3.8) is 0 Å². The van der Waals surface area contributed by atoms with E-state index in [0.717, 1.165) is 5.56 Å². The Hall–Kier alpha value is -2.31. The van der Waals surface area contributed by atoms with Gasteiger partial charge in [-0.3, -0.25) is 9.78 Å². The Balaban J connectivity index is 2.32. The zero-order valence-corrected chi connectivity index (χ0v) is 10.1. The van der Waals surface area contributed by atoms with E-state index in [1.807, 2.05) is 0 Å². The minimum Gasteiger partial charge on any atom is -0.481 e. The summed E-state index contributed by atoms with van der Waals surface area (Å²) in [6.07, 6.45) is 3.27. The third-order valence-corrected chi connectivity index (χ3v) is 2.59. The molecule has 0 radical (unpaired) electrons. The van der Waals surface area contributed by atoms with Crippen molar-refractivity contribution >= 4 is 5.97 Å². The van der Waals surface area contributed by atoms with Gasteiger partial charge in [0.15, 0.2) is 5.82 Å². The lowest BCUT2D eigenvalue weighted by atomic mass is 9.94. The van der Waals surface area contributed by atoms with Crippen LogP contribution in [0.15, 0.2) is 24.5 Å². The van der Waals surface area contributed by atoms with E-state index in [1.165, 1.54) is 4.68 Å². The third-order valence-electron chi connectivity index (χ3n) is 2.59. The molecule has 0 amide bonds. The maximum atomic E-state index is 11.1. The number of carboxylic acid groups (broad SMARTS) is 1. The highest BCUT2D eigenvalue weighted by Crippen LogP contribution is 2.21. The molecule has 7 nitrogen and oxygen atoms in total. The van der Waals surface area contributed by atoms with Gasteiger partial charge in [0.1, 0.15) is 0 Å². The van der Waals surface area contributed by atoms with E-state index < -0.39 is 11.4 Å². The lowest BCUT2D eigenvalue weighted by Crippen LogP contribution is -2.30. The number of tetrazole rings is 1. The summed E-state index contributed by atoms with van der Waals surface area (Å²) >= 11 is 0. The van der Waals surface area contributed by atoms with Gasteiger partial charge in [-0.1, -0.05) is 0 Å². The van der Waals surface area contributed by atoms with Gasteiger partial charge < -0.3 is 5.11 Å². The molecule has 2 aromatic rings. The summed E-state index contributed by atoms with van der Waals surface area (Å²) < 4.78 is 1.49. The standard InChI is InChI=1S/C11H13N5O2/c1-11(2,10(17)18)7-16-9(13-14-15-16)8-3-5-12-6-4-8/h3-6H,7H2,1-2H3,(H,17,18). The number of carboxylic acids is 1. The maximum absolute atomic E-state index is 11.1. The van der Waals surface area contributed by atoms with E-state index in [2.05, 4.69) is 20.5 Å². The number of carbonyl (C=O) groups is 1. The molecule has 2 heterocycles. The fourth-order valence-electron chi connectivity index (χ4n) is 1.46. The Bertz CT molecular complexity index is 550. The lowest BCUT2D eigenvalue weighted by molar-refractivity contribution is -0.147. The predicted molar refractivity (Wildman–Crippen MR) is 62.5 cm³/mol. The lowest BCUT2D eigenvalue weighted by Gasteiger charge is -2.18. The minimum atomic E-state index is -0.933. The molecule has 0 aliphatic carbocycles. The Labute approximate surface area is 103 Å². The fourth-order valence-corrected chi connectivity index (χ4v) is 1.46. The first kappa shape index (κ1) is 12.2. The van der Waals surface area contributed by atoms with E-state index in [9.17, 15) is 4.79 Å². The Morgan fingerprint density at radius 3 is 2.67 bits per heavy atom. The molecule has 0 aliphatic rings. The fraction of sp³-hybridized carbons (Fsp3) is 0.364. The van der Waals surface area contributed by atoms with E-state index in [0.29, 0.717) is 5.82 Å². The molecule has 0 saturated carbocycles. The van der Waals surface area contributed by atoms with Crippen LogP contribution in [0.3, 0.4) is 0 Å². The van der Waals surface area contributed by atoms with Gasteiger partial charge in [-0.25, -0.2) is 4.68 Å². The molecule has 7 heteroatoms. The first-order valence-corrected chi connectivity index (χ1v) is 5.41. The first-order chi connectivity index (χ1) is 8.50. The second-order valence-corrected chi connectivity index (χ2v) is 4.59. The van der Waals surface area contributed by atoms with Crippen molar-refractivity contribution in [1.29, 1.82) is 0 Å². The second kappa shape index (κ2) is 4.52. The Morgan fingerprint density at radius 2 is 2.06 bits per heavy atom. The Morgan fingerprint density at radius 1 is 1.39 bits per heavy atom. The van der Waals surface area contributed by atoms with Crippen LogP contribution < -0.4 is 0 Å². The average molecular weight is 247 g/mol. The highest BCUT2D eigenvalue weighted by Gasteiger charge is 2.29. The summed E-state index contributed by atoms with van der Waals surface area (Å²) in [7, 11) is 0. The van der Waals surface area contributed by atoms with E-state index in [4.69, 9.17) is 5.11 Å². The quantitative estimate of drug-likeness (QED) is 0.860. The normalized spacial score (nSPS) is 11.4. The molecule has 94 valence electrons. The maximum Gasteiger partial charge on any atom is 0.310 e. The van der Waals surface area contributed by atoms with Gasteiger partial charge in [0.25, 0.3) is 0 Å². The second-order valence-electron chi connectivity index (χ2n) is 4.59. The van der Waals surface area contributed by atoms with Gasteiger partial charge in [-0.15, -0.1) is 5.10 Å². The molecule has 0 saturated heterocycles. The molecule has 2 rings (SSSR count). The van der Waals surface area contributed by atoms with Crippen molar-refractivity contribution < 1.29 is 9.90 Å². The summed E-state index contributed by atoms with van der Waals surface area (Å²) in [6, 6.07) is 3.55. The van der Waals surface area contributed by atoms with Gasteiger partial charge in [-0.2, -0.15) is 0 Å². The molecular weight excluding hydrogens is 234 g/mol. The highest BCUT2D eigenvalue weighted by molar-refractivity contribution is 5.73. The molecule has 1 N–H and O–H groups in total. The van der Waals surface area contributed by atoms with Crippen LogP contribution in [0.1, 0.15) is 13.8 Å². The number of hydrogen-bond donors (Lipinski definition) is 1. The van der Waals surface area contributed by atoms with Crippen LogP contribution in [-0.2, 0) is 11.3 Å². The zero-order valence-electron chi connectivity index (χ0n) is 10.1. The van der Waals surface area contributed by atoms with Crippen molar-refractivity contribution in [3.05, 3.63) is 24.5 Å². The molecule has 0 unspecified atom stereocenters. The molecule has 0 aromatic carbocycles. The van der Waals surface area contributed by atoms with E-state index in [1.54, 1.807) is 38.4 Å². The summed E-state index contributed by atoms with van der Waals surface area (Å²) in [6.45, 7) is 3.47. The van der Waals surface area contributed by atoms with Gasteiger partial charge in [-0.05, 0) is 36.4 Å². The zero-order chi connectivity index (χ0) is 13.2. The monoisotopic (exact) mass is 247 g/mol. The first-order valence-electron chi connectivity index (χ1n) is 5.41. The van der Waals surface area contributed by atoms with Crippen molar-refractivity contribution in [1.82, 2.24) is 25.2 Å². The SMILES string of the molecule is CC(C)(Cn1nnnc1-c1ccncc1)C(=O)O.